The molecule has 1 unspecified atom stereocenters. The predicted octanol–water partition coefficient (Wildman–Crippen LogP) is 4.80. The van der Waals surface area contributed by atoms with Crippen LogP contribution in [0.3, 0.4) is 0 Å². The normalized spacial score (nSPS) is 11.1. The van der Waals surface area contributed by atoms with Gasteiger partial charge in [-0.3, -0.25) is 4.79 Å². The standard InChI is InChI=1S/C23H21N3O3/c1-16(23(27)26-20-8-4-3-7-17(20)15-24)25-18-11-13-19(14-12-18)29-22-10-6-5-9-21(22)28-2/h3-14,16,25H,1-2H3,(H,26,27). The molecule has 0 aromatic heterocycles. The van der Waals surface area contributed by atoms with Crippen molar-refractivity contribution in [1.29, 1.82) is 5.26 Å². The lowest BCUT2D eigenvalue weighted by molar-refractivity contribution is -0.116. The highest BCUT2D eigenvalue weighted by molar-refractivity contribution is 5.97. The number of ether oxygens (including phenoxy) is 2. The average Bonchev–Trinajstić information content (AvgIpc) is 2.75. The van der Waals surface area contributed by atoms with E-state index in [1.807, 2.05) is 48.5 Å². The summed E-state index contributed by atoms with van der Waals surface area (Å²) in [5.41, 5.74) is 1.69. The lowest BCUT2D eigenvalue weighted by atomic mass is 10.2. The number of nitriles is 1. The SMILES string of the molecule is COc1ccccc1Oc1ccc(NC(C)C(=O)Nc2ccccc2C#N)cc1. The van der Waals surface area contributed by atoms with Crippen molar-refractivity contribution in [2.45, 2.75) is 13.0 Å². The monoisotopic (exact) mass is 387 g/mol. The molecular weight excluding hydrogens is 366 g/mol. The van der Waals surface area contributed by atoms with Gasteiger partial charge in [0.1, 0.15) is 17.9 Å². The number of para-hydroxylation sites is 3. The van der Waals surface area contributed by atoms with Gasteiger partial charge in [-0.1, -0.05) is 24.3 Å². The molecule has 3 rings (SSSR count). The molecule has 6 nitrogen and oxygen atoms in total. The van der Waals surface area contributed by atoms with Crippen LogP contribution in [0.25, 0.3) is 0 Å². The average molecular weight is 387 g/mol. The summed E-state index contributed by atoms with van der Waals surface area (Å²) in [6.45, 7) is 1.75. The van der Waals surface area contributed by atoms with Crippen LogP contribution in [0.1, 0.15) is 12.5 Å². The Bertz CT molecular complexity index is 1030. The van der Waals surface area contributed by atoms with E-state index in [9.17, 15) is 4.79 Å². The van der Waals surface area contributed by atoms with Gasteiger partial charge in [-0.2, -0.15) is 5.26 Å². The quantitative estimate of drug-likeness (QED) is 0.608. The number of nitrogens with zero attached hydrogens (tertiary/aromatic N) is 1. The number of hydrogen-bond acceptors (Lipinski definition) is 5. The number of nitrogens with one attached hydrogen (secondary N) is 2. The molecule has 0 saturated carbocycles. The van der Waals surface area contributed by atoms with E-state index in [2.05, 4.69) is 16.7 Å². The zero-order chi connectivity index (χ0) is 20.6. The van der Waals surface area contributed by atoms with Crippen molar-refractivity contribution in [3.8, 4) is 23.3 Å². The Morgan fingerprint density at radius 3 is 2.31 bits per heavy atom. The fraction of sp³-hybridized carbons (Fsp3) is 0.130. The molecule has 2 N–H and O–H groups in total. The number of methoxy groups -OCH3 is 1. The van der Waals surface area contributed by atoms with Gasteiger partial charge < -0.3 is 20.1 Å². The highest BCUT2D eigenvalue weighted by Crippen LogP contribution is 2.31. The number of carbonyl (C=O) groups is 1. The van der Waals surface area contributed by atoms with Gasteiger partial charge in [0.2, 0.25) is 5.91 Å². The summed E-state index contributed by atoms with van der Waals surface area (Å²) in [6, 6.07) is 23.1. The lowest BCUT2D eigenvalue weighted by Gasteiger charge is -2.16. The van der Waals surface area contributed by atoms with Crippen molar-refractivity contribution in [1.82, 2.24) is 0 Å². The van der Waals surface area contributed by atoms with Gasteiger partial charge in [0.05, 0.1) is 18.4 Å². The molecule has 0 spiro atoms. The summed E-state index contributed by atoms with van der Waals surface area (Å²) in [5.74, 6) is 1.69. The summed E-state index contributed by atoms with van der Waals surface area (Å²) in [7, 11) is 1.59. The van der Waals surface area contributed by atoms with E-state index in [4.69, 9.17) is 14.7 Å². The summed E-state index contributed by atoms with van der Waals surface area (Å²) in [5, 5.41) is 15.0. The molecule has 29 heavy (non-hydrogen) atoms. The van der Waals surface area contributed by atoms with Crippen LogP contribution in [-0.2, 0) is 4.79 Å². The maximum atomic E-state index is 12.4. The molecule has 0 heterocycles. The molecule has 6 heteroatoms. The fourth-order valence-corrected chi connectivity index (χ4v) is 2.70. The molecule has 0 aliphatic carbocycles. The van der Waals surface area contributed by atoms with Gasteiger partial charge in [0, 0.05) is 5.69 Å². The van der Waals surface area contributed by atoms with Crippen molar-refractivity contribution in [3.63, 3.8) is 0 Å². The van der Waals surface area contributed by atoms with Gasteiger partial charge in [-0.25, -0.2) is 0 Å². The second-order valence-electron chi connectivity index (χ2n) is 6.29. The van der Waals surface area contributed by atoms with Crippen LogP contribution in [0, 0.1) is 11.3 Å². The third-order valence-corrected chi connectivity index (χ3v) is 4.23. The molecule has 1 amide bonds. The van der Waals surface area contributed by atoms with Crippen molar-refractivity contribution >= 4 is 17.3 Å². The van der Waals surface area contributed by atoms with E-state index < -0.39 is 6.04 Å². The maximum absolute atomic E-state index is 12.4. The molecule has 1 atom stereocenters. The van der Waals surface area contributed by atoms with Crippen LogP contribution in [0.4, 0.5) is 11.4 Å². The summed E-state index contributed by atoms with van der Waals surface area (Å²) in [6.07, 6.45) is 0. The van der Waals surface area contributed by atoms with Crippen molar-refractivity contribution in [2.75, 3.05) is 17.7 Å². The first-order valence-electron chi connectivity index (χ1n) is 9.08. The molecule has 0 bridgehead atoms. The summed E-state index contributed by atoms with van der Waals surface area (Å²) < 4.78 is 11.1. The van der Waals surface area contributed by atoms with Crippen LogP contribution >= 0.6 is 0 Å². The zero-order valence-electron chi connectivity index (χ0n) is 16.2. The van der Waals surface area contributed by atoms with E-state index >= 15 is 0 Å². The molecular formula is C23H21N3O3. The Kier molecular flexibility index (Phi) is 6.33. The Labute approximate surface area is 169 Å². The van der Waals surface area contributed by atoms with E-state index in [-0.39, 0.29) is 5.91 Å². The largest absolute Gasteiger partial charge is 0.493 e. The molecule has 3 aromatic carbocycles. The predicted molar refractivity (Wildman–Crippen MR) is 112 cm³/mol. The molecule has 3 aromatic rings. The molecule has 146 valence electrons. The Balaban J connectivity index is 1.61. The minimum atomic E-state index is -0.497. The number of rotatable bonds is 7. The van der Waals surface area contributed by atoms with E-state index in [1.165, 1.54) is 0 Å². The van der Waals surface area contributed by atoms with Gasteiger partial charge in [-0.05, 0) is 55.5 Å². The smallest absolute Gasteiger partial charge is 0.246 e. The van der Waals surface area contributed by atoms with Crippen LogP contribution in [-0.4, -0.2) is 19.1 Å². The van der Waals surface area contributed by atoms with Crippen molar-refractivity contribution < 1.29 is 14.3 Å². The third-order valence-electron chi connectivity index (χ3n) is 4.23. The van der Waals surface area contributed by atoms with E-state index in [0.717, 1.165) is 5.69 Å². The van der Waals surface area contributed by atoms with Gasteiger partial charge in [0.25, 0.3) is 0 Å². The first kappa shape index (κ1) is 19.8. The molecule has 0 radical (unpaired) electrons. The molecule has 0 aliphatic heterocycles. The second-order valence-corrected chi connectivity index (χ2v) is 6.29. The number of hydrogen-bond donors (Lipinski definition) is 2. The first-order chi connectivity index (χ1) is 14.1. The topological polar surface area (TPSA) is 83.4 Å². The molecule has 0 aliphatic rings. The Morgan fingerprint density at radius 2 is 1.62 bits per heavy atom. The van der Waals surface area contributed by atoms with E-state index in [1.54, 1.807) is 38.3 Å². The van der Waals surface area contributed by atoms with Crippen molar-refractivity contribution in [3.05, 3.63) is 78.4 Å². The van der Waals surface area contributed by atoms with Gasteiger partial charge >= 0.3 is 0 Å². The van der Waals surface area contributed by atoms with Crippen LogP contribution < -0.4 is 20.1 Å². The summed E-state index contributed by atoms with van der Waals surface area (Å²) >= 11 is 0. The third kappa shape index (κ3) is 5.05. The van der Waals surface area contributed by atoms with E-state index in [0.29, 0.717) is 28.5 Å². The van der Waals surface area contributed by atoms with Gasteiger partial charge in [-0.15, -0.1) is 0 Å². The van der Waals surface area contributed by atoms with Crippen LogP contribution in [0.5, 0.6) is 17.2 Å². The van der Waals surface area contributed by atoms with Crippen molar-refractivity contribution in [2.24, 2.45) is 0 Å². The molecule has 0 saturated heterocycles. The summed E-state index contributed by atoms with van der Waals surface area (Å²) in [4.78, 5) is 12.4. The number of amides is 1. The highest BCUT2D eigenvalue weighted by atomic mass is 16.5. The van der Waals surface area contributed by atoms with Crippen LogP contribution in [0.15, 0.2) is 72.8 Å². The van der Waals surface area contributed by atoms with Gasteiger partial charge in [0.15, 0.2) is 11.5 Å². The zero-order valence-corrected chi connectivity index (χ0v) is 16.2. The molecule has 0 fully saturated rings. The number of anilines is 2. The number of carbonyl (C=O) groups excluding carboxylic acids is 1. The Morgan fingerprint density at radius 1 is 0.966 bits per heavy atom. The highest BCUT2D eigenvalue weighted by Gasteiger charge is 2.14. The number of benzene rings is 3. The first-order valence-corrected chi connectivity index (χ1v) is 9.08. The second kappa shape index (κ2) is 9.29. The lowest BCUT2D eigenvalue weighted by Crippen LogP contribution is -2.32. The minimum absolute atomic E-state index is 0.234. The van der Waals surface area contributed by atoms with Crippen LogP contribution in [0.2, 0.25) is 0 Å². The fourth-order valence-electron chi connectivity index (χ4n) is 2.70. The minimum Gasteiger partial charge on any atom is -0.493 e. The maximum Gasteiger partial charge on any atom is 0.246 e. The Hall–Kier alpha value is -3.98.